The van der Waals surface area contributed by atoms with E-state index in [0.29, 0.717) is 28.3 Å². The molecule has 0 aliphatic heterocycles. The predicted molar refractivity (Wildman–Crippen MR) is 123 cm³/mol. The van der Waals surface area contributed by atoms with Gasteiger partial charge in [-0.05, 0) is 29.8 Å². The van der Waals surface area contributed by atoms with Crippen LogP contribution in [-0.4, -0.2) is 38.3 Å². The van der Waals surface area contributed by atoms with Crippen molar-refractivity contribution in [1.29, 1.82) is 0 Å². The second-order valence-corrected chi connectivity index (χ2v) is 7.40. The summed E-state index contributed by atoms with van der Waals surface area (Å²) >= 11 is 0. The molecule has 4 aromatic rings. The van der Waals surface area contributed by atoms with Gasteiger partial charge in [-0.2, -0.15) is 5.10 Å². The number of ether oxygens (including phenoxy) is 1. The van der Waals surface area contributed by atoms with Gasteiger partial charge in [-0.15, -0.1) is 13.2 Å². The lowest BCUT2D eigenvalue weighted by Crippen LogP contribution is -2.17. The predicted octanol–water partition coefficient (Wildman–Crippen LogP) is 3.79. The van der Waals surface area contributed by atoms with Crippen LogP contribution in [0.25, 0.3) is 11.3 Å². The zero-order valence-electron chi connectivity index (χ0n) is 18.3. The molecule has 0 bridgehead atoms. The largest absolute Gasteiger partial charge is 0.573 e. The number of primary amides is 1. The molecule has 0 saturated carbocycles. The Morgan fingerprint density at radius 2 is 1.75 bits per heavy atom. The summed E-state index contributed by atoms with van der Waals surface area (Å²) in [5.41, 5.74) is 7.52. The number of halogens is 3. The maximum Gasteiger partial charge on any atom is 0.573 e. The van der Waals surface area contributed by atoms with E-state index in [4.69, 9.17) is 5.73 Å². The van der Waals surface area contributed by atoms with Gasteiger partial charge in [0.05, 0.1) is 12.6 Å². The standard InChI is InChI=1S/C23H18F3N7O3/c24-23(25,26)36-16-7-1-13(2-8-16)11-18(34)30-15-5-3-14(4-6-15)20-19(21(27)35)22(33-32-20)31-17-12-28-9-10-29-17/h1-10,12H,11H2,(H2,27,35)(H,30,34)(H2,29,31,32,33). The molecule has 36 heavy (non-hydrogen) atoms. The van der Waals surface area contributed by atoms with Crippen molar-refractivity contribution in [2.45, 2.75) is 12.8 Å². The summed E-state index contributed by atoms with van der Waals surface area (Å²) < 4.78 is 40.6. The van der Waals surface area contributed by atoms with Gasteiger partial charge in [0.2, 0.25) is 5.91 Å². The molecule has 0 radical (unpaired) electrons. The van der Waals surface area contributed by atoms with Gasteiger partial charge in [-0.25, -0.2) is 4.98 Å². The summed E-state index contributed by atoms with van der Waals surface area (Å²) in [7, 11) is 0. The number of aromatic nitrogens is 4. The Balaban J connectivity index is 1.42. The van der Waals surface area contributed by atoms with Crippen LogP contribution in [0, 0.1) is 0 Å². The van der Waals surface area contributed by atoms with E-state index >= 15 is 0 Å². The van der Waals surface area contributed by atoms with E-state index < -0.39 is 12.3 Å². The maximum atomic E-state index is 12.4. The van der Waals surface area contributed by atoms with Gasteiger partial charge >= 0.3 is 6.36 Å². The van der Waals surface area contributed by atoms with Crippen molar-refractivity contribution in [2.75, 3.05) is 10.6 Å². The lowest BCUT2D eigenvalue weighted by Gasteiger charge is -2.10. The molecule has 2 aromatic carbocycles. The second-order valence-electron chi connectivity index (χ2n) is 7.40. The minimum Gasteiger partial charge on any atom is -0.406 e. The number of alkyl halides is 3. The van der Waals surface area contributed by atoms with Crippen LogP contribution < -0.4 is 21.1 Å². The smallest absolute Gasteiger partial charge is 0.406 e. The first-order valence-electron chi connectivity index (χ1n) is 10.3. The Kier molecular flexibility index (Phi) is 6.81. The Morgan fingerprint density at radius 1 is 1.03 bits per heavy atom. The quantitative estimate of drug-likeness (QED) is 0.289. The van der Waals surface area contributed by atoms with E-state index in [-0.39, 0.29) is 29.5 Å². The maximum absolute atomic E-state index is 12.4. The van der Waals surface area contributed by atoms with Crippen molar-refractivity contribution >= 4 is 29.1 Å². The second kappa shape index (κ2) is 10.1. The molecule has 0 aliphatic carbocycles. The van der Waals surface area contributed by atoms with Crippen molar-refractivity contribution in [2.24, 2.45) is 5.73 Å². The molecule has 2 aromatic heterocycles. The number of benzene rings is 2. The van der Waals surface area contributed by atoms with Gasteiger partial charge in [0.15, 0.2) is 0 Å². The molecule has 0 unspecified atom stereocenters. The number of nitrogens with two attached hydrogens (primary N) is 1. The summed E-state index contributed by atoms with van der Waals surface area (Å²) in [5, 5.41) is 12.5. The summed E-state index contributed by atoms with van der Waals surface area (Å²) in [6.07, 6.45) is -0.395. The molecule has 0 aliphatic rings. The van der Waals surface area contributed by atoms with Gasteiger partial charge < -0.3 is 21.1 Å². The molecule has 13 heteroatoms. The Bertz CT molecular complexity index is 1360. The fourth-order valence-electron chi connectivity index (χ4n) is 3.28. The van der Waals surface area contributed by atoms with Crippen molar-refractivity contribution in [3.8, 4) is 17.0 Å². The number of rotatable bonds is 8. The van der Waals surface area contributed by atoms with Crippen LogP contribution >= 0.6 is 0 Å². The third-order valence-corrected chi connectivity index (χ3v) is 4.79. The molecule has 2 amide bonds. The highest BCUT2D eigenvalue weighted by atomic mass is 19.4. The number of nitrogens with one attached hydrogen (secondary N) is 3. The van der Waals surface area contributed by atoms with Crippen molar-refractivity contribution in [3.63, 3.8) is 0 Å². The molecule has 0 fully saturated rings. The third-order valence-electron chi connectivity index (χ3n) is 4.79. The molecule has 2 heterocycles. The Morgan fingerprint density at radius 3 is 2.36 bits per heavy atom. The van der Waals surface area contributed by atoms with Crippen LogP contribution in [0.1, 0.15) is 15.9 Å². The highest BCUT2D eigenvalue weighted by Crippen LogP contribution is 2.29. The van der Waals surface area contributed by atoms with Gasteiger partial charge in [0.1, 0.15) is 28.6 Å². The number of nitrogens with zero attached hydrogens (tertiary/aromatic N) is 3. The van der Waals surface area contributed by atoms with Gasteiger partial charge in [0, 0.05) is 23.6 Å². The van der Waals surface area contributed by atoms with Crippen LogP contribution in [0.15, 0.2) is 67.1 Å². The number of hydrogen-bond donors (Lipinski definition) is 4. The lowest BCUT2D eigenvalue weighted by atomic mass is 10.1. The number of carbonyl (C=O) groups is 2. The lowest BCUT2D eigenvalue weighted by molar-refractivity contribution is -0.274. The van der Waals surface area contributed by atoms with Crippen LogP contribution in [0.5, 0.6) is 5.75 Å². The average molecular weight is 497 g/mol. The summed E-state index contributed by atoms with van der Waals surface area (Å²) in [5.74, 6) is -0.821. The number of H-pyrrole nitrogens is 1. The van der Waals surface area contributed by atoms with Gasteiger partial charge in [-0.1, -0.05) is 24.3 Å². The van der Waals surface area contributed by atoms with Gasteiger partial charge in [-0.3, -0.25) is 19.7 Å². The molecule has 0 saturated heterocycles. The first-order chi connectivity index (χ1) is 17.2. The van der Waals surface area contributed by atoms with Crippen molar-refractivity contribution < 1.29 is 27.5 Å². The third kappa shape index (κ3) is 6.14. The van der Waals surface area contributed by atoms with Crippen molar-refractivity contribution in [3.05, 3.63) is 78.2 Å². The molecule has 4 rings (SSSR count). The Labute approximate surface area is 201 Å². The molecule has 184 valence electrons. The Hall–Kier alpha value is -4.94. The molecule has 10 nitrogen and oxygen atoms in total. The number of anilines is 3. The zero-order chi connectivity index (χ0) is 25.7. The number of aromatic amines is 1. The molecule has 5 N–H and O–H groups in total. The number of hydrogen-bond acceptors (Lipinski definition) is 7. The van der Waals surface area contributed by atoms with Crippen LogP contribution in [-0.2, 0) is 11.2 Å². The summed E-state index contributed by atoms with van der Waals surface area (Å²) in [6.45, 7) is 0. The number of amides is 2. The van der Waals surface area contributed by atoms with Crippen molar-refractivity contribution in [1.82, 2.24) is 20.2 Å². The monoisotopic (exact) mass is 497 g/mol. The first kappa shape index (κ1) is 24.2. The highest BCUT2D eigenvalue weighted by molar-refractivity contribution is 6.04. The van der Waals surface area contributed by atoms with E-state index in [0.717, 1.165) is 12.1 Å². The summed E-state index contributed by atoms with van der Waals surface area (Å²) in [4.78, 5) is 32.5. The summed E-state index contributed by atoms with van der Waals surface area (Å²) in [6, 6.07) is 11.5. The first-order valence-corrected chi connectivity index (χ1v) is 10.3. The molecular weight excluding hydrogens is 479 g/mol. The van der Waals surface area contributed by atoms with E-state index in [1.54, 1.807) is 24.3 Å². The topological polar surface area (TPSA) is 148 Å². The average Bonchev–Trinajstić information content (AvgIpc) is 3.24. The number of carbonyl (C=O) groups excluding carboxylic acids is 2. The highest BCUT2D eigenvalue weighted by Gasteiger charge is 2.31. The van der Waals surface area contributed by atoms with E-state index in [9.17, 15) is 22.8 Å². The minimum absolute atomic E-state index is 0.0589. The van der Waals surface area contributed by atoms with Crippen LogP contribution in [0.3, 0.4) is 0 Å². The molecule has 0 spiro atoms. The van der Waals surface area contributed by atoms with Crippen LogP contribution in [0.4, 0.5) is 30.5 Å². The fourth-order valence-corrected chi connectivity index (χ4v) is 3.28. The van der Waals surface area contributed by atoms with Crippen LogP contribution in [0.2, 0.25) is 0 Å². The normalized spacial score (nSPS) is 11.1. The zero-order valence-corrected chi connectivity index (χ0v) is 18.3. The van der Waals surface area contributed by atoms with Gasteiger partial charge in [0.25, 0.3) is 5.91 Å². The van der Waals surface area contributed by atoms with E-state index in [2.05, 4.69) is 35.5 Å². The minimum atomic E-state index is -4.78. The fraction of sp³-hybridized carbons (Fsp3) is 0.0870. The molecular formula is C23H18F3N7O3. The SMILES string of the molecule is NC(=O)c1c(-c2ccc(NC(=O)Cc3ccc(OC(F)(F)F)cc3)cc2)n[nH]c1Nc1cnccn1. The van der Waals surface area contributed by atoms with E-state index in [1.165, 1.54) is 30.7 Å². The van der Waals surface area contributed by atoms with E-state index in [1.807, 2.05) is 0 Å². The molecule has 0 atom stereocenters.